The van der Waals surface area contributed by atoms with Gasteiger partial charge in [-0.05, 0) is 0 Å². The van der Waals surface area contributed by atoms with Crippen molar-refractivity contribution in [2.45, 2.75) is 0 Å². The standard InChI is InChI=1S/2H3O4P.3H2O.3Zn/c2*1-5(2,3)4;;;;;;/h2*(H3,1,2,3,4);3*1H2;;;/q;;;;;3*+2/p-6. The summed E-state index contributed by atoms with van der Waals surface area (Å²) in [6.07, 6.45) is 0. The van der Waals surface area contributed by atoms with E-state index in [1.807, 2.05) is 0 Å². The summed E-state index contributed by atoms with van der Waals surface area (Å²) < 4.78 is 17.1. The van der Waals surface area contributed by atoms with Crippen molar-refractivity contribution < 1.29 is 113 Å². The number of hydrogen-bond acceptors (Lipinski definition) is 8. The van der Waals surface area contributed by atoms with Gasteiger partial charge in [0.2, 0.25) is 0 Å². The van der Waals surface area contributed by atoms with Crippen LogP contribution in [0.1, 0.15) is 0 Å². The van der Waals surface area contributed by atoms with Crippen LogP contribution in [0.4, 0.5) is 0 Å². The van der Waals surface area contributed by atoms with Gasteiger partial charge in [-0.1, -0.05) is 0 Å². The van der Waals surface area contributed by atoms with Crippen LogP contribution in [0, 0.1) is 0 Å². The summed E-state index contributed by atoms with van der Waals surface area (Å²) >= 11 is 0. The van der Waals surface area contributed by atoms with Crippen LogP contribution in [0.2, 0.25) is 0 Å². The van der Waals surface area contributed by atoms with Gasteiger partial charge in [-0.15, -0.1) is 0 Å². The fourth-order valence-corrected chi connectivity index (χ4v) is 0. The van der Waals surface area contributed by atoms with Crippen LogP contribution in [0.5, 0.6) is 0 Å². The minimum Gasteiger partial charge on any atom is -0.822 e. The van der Waals surface area contributed by atoms with Gasteiger partial charge in [0.15, 0.2) is 0 Å². The second kappa shape index (κ2) is 22.2. The van der Waals surface area contributed by atoms with Gasteiger partial charge in [-0.2, -0.15) is 15.6 Å². The number of rotatable bonds is 0. The van der Waals surface area contributed by atoms with Gasteiger partial charge >= 0.3 is 58.4 Å². The van der Waals surface area contributed by atoms with E-state index in [4.69, 9.17) is 38.5 Å². The molecule has 0 rings (SSSR count). The van der Waals surface area contributed by atoms with E-state index in [0.717, 1.165) is 0 Å². The minimum atomic E-state index is -5.39. The topological polar surface area (TPSA) is 267 Å². The summed E-state index contributed by atoms with van der Waals surface area (Å²) in [5.41, 5.74) is 0. The molecule has 0 heterocycles. The Morgan fingerprint density at radius 3 is 0.500 bits per heavy atom. The van der Waals surface area contributed by atoms with Crippen molar-refractivity contribution in [3.63, 3.8) is 0 Å². The minimum absolute atomic E-state index is 0. The summed E-state index contributed by atoms with van der Waals surface area (Å²) in [6, 6.07) is 0. The van der Waals surface area contributed by atoms with E-state index in [9.17, 15) is 0 Å². The van der Waals surface area contributed by atoms with Gasteiger partial charge in [0.1, 0.15) is 0 Å². The molecule has 0 atom stereocenters. The molecule has 0 bridgehead atoms. The molecule has 0 saturated heterocycles. The third-order valence-electron chi connectivity index (χ3n) is 0. The largest absolute Gasteiger partial charge is 2.00 e. The first-order valence-electron chi connectivity index (χ1n) is 1.46. The second-order valence-corrected chi connectivity index (χ2v) is 2.68. The van der Waals surface area contributed by atoms with Gasteiger partial charge in [0, 0.05) is 0 Å². The van der Waals surface area contributed by atoms with Crippen LogP contribution >= 0.6 is 15.6 Å². The Bertz CT molecular complexity index is 132. The second-order valence-electron chi connectivity index (χ2n) is 0.894. The van der Waals surface area contributed by atoms with Crippen molar-refractivity contribution in [1.82, 2.24) is 0 Å². The molecule has 11 nitrogen and oxygen atoms in total. The summed E-state index contributed by atoms with van der Waals surface area (Å²) in [5.74, 6) is 0. The van der Waals surface area contributed by atoms with E-state index in [1.54, 1.807) is 0 Å². The van der Waals surface area contributed by atoms with Crippen LogP contribution in [0.3, 0.4) is 0 Å². The normalized spacial score (nSPS) is 7.38. The molecule has 0 aliphatic carbocycles. The number of phosphoric acid groups is 2. The van der Waals surface area contributed by atoms with Crippen molar-refractivity contribution in [1.29, 1.82) is 0 Å². The molecule has 0 unspecified atom stereocenters. The first-order valence-corrected chi connectivity index (χ1v) is 4.38. The van der Waals surface area contributed by atoms with Crippen LogP contribution < -0.4 is 29.4 Å². The summed E-state index contributed by atoms with van der Waals surface area (Å²) in [6.45, 7) is 0. The van der Waals surface area contributed by atoms with Crippen LogP contribution in [-0.4, -0.2) is 16.4 Å². The molecule has 88 valence electrons. The molecule has 0 spiro atoms. The third kappa shape index (κ3) is 922. The quantitative estimate of drug-likeness (QED) is 0.257. The van der Waals surface area contributed by atoms with E-state index in [-0.39, 0.29) is 74.9 Å². The molecule has 0 aliphatic heterocycles. The SMILES string of the molecule is O.O.O.O=P([O-])([O-])[O-].O=P([O-])([O-])[O-].[Zn+2].[Zn+2].[Zn+2]. The van der Waals surface area contributed by atoms with Crippen molar-refractivity contribution >= 4 is 15.6 Å². The van der Waals surface area contributed by atoms with Crippen LogP contribution in [0.25, 0.3) is 0 Å². The Hall–Kier alpha value is 1.97. The van der Waals surface area contributed by atoms with E-state index in [2.05, 4.69) is 0 Å². The zero-order valence-electron chi connectivity index (χ0n) is 7.78. The van der Waals surface area contributed by atoms with Gasteiger partial charge in [0.05, 0.1) is 0 Å². The van der Waals surface area contributed by atoms with Gasteiger partial charge in [-0.25, -0.2) is 0 Å². The third-order valence-corrected chi connectivity index (χ3v) is 0. The molecule has 0 radical (unpaired) electrons. The first kappa shape index (κ1) is 52.1. The fourth-order valence-electron chi connectivity index (χ4n) is 0. The molecule has 0 aromatic heterocycles. The first-order chi connectivity index (χ1) is 4.00. The Balaban J connectivity index is -0.00000000970. The Kier molecular flexibility index (Phi) is 72.2. The van der Waals surface area contributed by atoms with E-state index < -0.39 is 15.6 Å². The summed E-state index contributed by atoms with van der Waals surface area (Å²) in [4.78, 5) is 51.3. The van der Waals surface area contributed by atoms with Crippen LogP contribution in [0.15, 0.2) is 0 Å². The van der Waals surface area contributed by atoms with Gasteiger partial charge in [-0.3, -0.25) is 0 Å². The molecule has 0 saturated carbocycles. The Morgan fingerprint density at radius 1 is 0.500 bits per heavy atom. The Labute approximate surface area is 128 Å². The summed E-state index contributed by atoms with van der Waals surface area (Å²) in [5, 5.41) is 0. The van der Waals surface area contributed by atoms with Gasteiger partial charge < -0.3 is 54.9 Å². The molecule has 16 heavy (non-hydrogen) atoms. The van der Waals surface area contributed by atoms with Gasteiger partial charge in [0.25, 0.3) is 0 Å². The van der Waals surface area contributed by atoms with Crippen LogP contribution in [-0.2, 0) is 67.6 Å². The molecule has 0 amide bonds. The van der Waals surface area contributed by atoms with E-state index in [0.29, 0.717) is 0 Å². The maximum absolute atomic E-state index is 8.55. The summed E-state index contributed by atoms with van der Waals surface area (Å²) in [7, 11) is -10.8. The van der Waals surface area contributed by atoms with Crippen molar-refractivity contribution in [2.24, 2.45) is 0 Å². The average Bonchev–Trinajstić information content (AvgIpc) is 1.12. The fraction of sp³-hybridized carbons (Fsp3) is 0. The van der Waals surface area contributed by atoms with E-state index in [1.165, 1.54) is 0 Å². The maximum atomic E-state index is 8.55. The average molecular weight is 440 g/mol. The molecule has 0 aliphatic rings. The molecule has 0 aromatic carbocycles. The monoisotopic (exact) mass is 436 g/mol. The molecular formula is H6O11P2Zn3. The predicted molar refractivity (Wildman–Crippen MR) is 26.1 cm³/mol. The molecular weight excluding hydrogens is 434 g/mol. The predicted octanol–water partition coefficient (Wildman–Crippen LogP) is -8.13. The smallest absolute Gasteiger partial charge is 0.822 e. The van der Waals surface area contributed by atoms with Crippen molar-refractivity contribution in [3.05, 3.63) is 0 Å². The molecule has 16 heteroatoms. The molecule has 6 N–H and O–H groups in total. The zero-order chi connectivity index (χ0) is 9.00. The molecule has 0 fully saturated rings. The van der Waals surface area contributed by atoms with Crippen molar-refractivity contribution in [2.75, 3.05) is 0 Å². The van der Waals surface area contributed by atoms with E-state index >= 15 is 0 Å². The molecule has 0 aromatic rings. The zero-order valence-corrected chi connectivity index (χ0v) is 18.5. The number of hydrogen-bond donors (Lipinski definition) is 0. The Morgan fingerprint density at radius 2 is 0.500 bits per heavy atom. The maximum Gasteiger partial charge on any atom is 2.00 e. The van der Waals surface area contributed by atoms with Crippen molar-refractivity contribution in [3.8, 4) is 0 Å².